The number of likely N-dealkylation sites (tertiary alicyclic amines) is 1. The van der Waals surface area contributed by atoms with Gasteiger partial charge in [0.05, 0.1) is 22.8 Å². The zero-order chi connectivity index (χ0) is 23.9. The van der Waals surface area contributed by atoms with Gasteiger partial charge in [-0.25, -0.2) is 4.79 Å². The summed E-state index contributed by atoms with van der Waals surface area (Å²) in [7, 11) is 0. The highest BCUT2D eigenvalue weighted by atomic mass is 35.5. The van der Waals surface area contributed by atoms with E-state index in [1.54, 1.807) is 30.3 Å². The Kier molecular flexibility index (Phi) is 6.08. The molecule has 0 atom stereocenters. The molecule has 8 heteroatoms. The molecule has 1 N–H and O–H groups in total. The Morgan fingerprint density at radius 3 is 2.44 bits per heavy atom. The molecule has 1 aliphatic rings. The quantitative estimate of drug-likeness (QED) is 0.390. The fraction of sp³-hybridized carbons (Fsp3) is 0.231. The zero-order valence-electron chi connectivity index (χ0n) is 18.2. The summed E-state index contributed by atoms with van der Waals surface area (Å²) in [6, 6.07) is 19.3. The van der Waals surface area contributed by atoms with E-state index in [-0.39, 0.29) is 22.0 Å². The summed E-state index contributed by atoms with van der Waals surface area (Å²) in [5, 5.41) is 11.7. The average molecular weight is 497 g/mol. The molecule has 1 fully saturated rings. The van der Waals surface area contributed by atoms with Gasteiger partial charge in [0.15, 0.2) is 11.4 Å². The lowest BCUT2D eigenvalue weighted by molar-refractivity contribution is -0.0327. The van der Waals surface area contributed by atoms with Crippen molar-refractivity contribution in [3.05, 3.63) is 104 Å². The maximum atomic E-state index is 12.9. The van der Waals surface area contributed by atoms with Crippen LogP contribution in [0.3, 0.4) is 0 Å². The van der Waals surface area contributed by atoms with Crippen molar-refractivity contribution in [3.8, 4) is 0 Å². The van der Waals surface area contributed by atoms with Crippen LogP contribution in [0.5, 0.6) is 0 Å². The van der Waals surface area contributed by atoms with Crippen molar-refractivity contribution in [2.45, 2.75) is 25.1 Å². The highest BCUT2D eigenvalue weighted by molar-refractivity contribution is 6.36. The number of benzene rings is 3. The molecule has 0 aliphatic carbocycles. The molecule has 0 radical (unpaired) electrons. The summed E-state index contributed by atoms with van der Waals surface area (Å²) in [4.78, 5) is 27.7. The monoisotopic (exact) mass is 496 g/mol. The van der Waals surface area contributed by atoms with Crippen LogP contribution >= 0.6 is 23.2 Å². The van der Waals surface area contributed by atoms with Gasteiger partial charge in [-0.3, -0.25) is 14.3 Å². The summed E-state index contributed by atoms with van der Waals surface area (Å²) in [5.74, 6) is -0.830. The summed E-state index contributed by atoms with van der Waals surface area (Å²) in [6.45, 7) is 1.53. The van der Waals surface area contributed by atoms with E-state index in [9.17, 15) is 14.7 Å². The second kappa shape index (κ2) is 9.04. The van der Waals surface area contributed by atoms with Crippen molar-refractivity contribution >= 4 is 40.1 Å². The van der Waals surface area contributed by atoms with Gasteiger partial charge < -0.3 is 9.52 Å². The third-order valence-electron chi connectivity index (χ3n) is 6.42. The number of hydrogen-bond donors (Lipinski definition) is 1. The van der Waals surface area contributed by atoms with Crippen LogP contribution in [0.15, 0.2) is 75.9 Å². The first-order valence-electron chi connectivity index (χ1n) is 11.0. The first-order chi connectivity index (χ1) is 16.3. The second-order valence-corrected chi connectivity index (χ2v) is 9.44. The van der Waals surface area contributed by atoms with Gasteiger partial charge in [0, 0.05) is 29.2 Å². The summed E-state index contributed by atoms with van der Waals surface area (Å²) in [5.41, 5.74) is 1.47. The SMILES string of the molecule is O=C(c1cccc(Cl)c1)c1cc2oc(=O)n(CN3CCC(O)(c4ccccc4)CC3)c2cc1Cl. The van der Waals surface area contributed by atoms with Gasteiger partial charge in [0.2, 0.25) is 0 Å². The van der Waals surface area contributed by atoms with Gasteiger partial charge in [-0.1, -0.05) is 65.7 Å². The Balaban J connectivity index is 1.38. The van der Waals surface area contributed by atoms with Crippen molar-refractivity contribution in [2.24, 2.45) is 0 Å². The fourth-order valence-electron chi connectivity index (χ4n) is 4.48. The maximum absolute atomic E-state index is 12.9. The van der Waals surface area contributed by atoms with Gasteiger partial charge in [0.25, 0.3) is 0 Å². The molecule has 174 valence electrons. The predicted molar refractivity (Wildman–Crippen MR) is 132 cm³/mol. The minimum atomic E-state index is -0.875. The van der Waals surface area contributed by atoms with E-state index in [1.807, 2.05) is 30.3 Å². The minimum absolute atomic E-state index is 0.226. The average Bonchev–Trinajstić information content (AvgIpc) is 3.14. The molecule has 4 aromatic rings. The lowest BCUT2D eigenvalue weighted by Gasteiger charge is -2.38. The zero-order valence-corrected chi connectivity index (χ0v) is 19.7. The highest BCUT2D eigenvalue weighted by Crippen LogP contribution is 2.33. The number of aromatic nitrogens is 1. The normalized spacial score (nSPS) is 16.1. The number of halogens is 2. The molecular formula is C26H22Cl2N2O4. The first-order valence-corrected chi connectivity index (χ1v) is 11.7. The molecule has 3 aromatic carbocycles. The molecule has 0 unspecified atom stereocenters. The van der Waals surface area contributed by atoms with E-state index >= 15 is 0 Å². The Bertz CT molecular complexity index is 1420. The Morgan fingerprint density at radius 1 is 1.00 bits per heavy atom. The first kappa shape index (κ1) is 22.9. The Labute approximate surface area is 205 Å². The van der Waals surface area contributed by atoms with Crippen LogP contribution in [0.1, 0.15) is 34.3 Å². The molecule has 1 aliphatic heterocycles. The van der Waals surface area contributed by atoms with Crippen LogP contribution in [-0.2, 0) is 12.3 Å². The number of oxazole rings is 1. The van der Waals surface area contributed by atoms with E-state index < -0.39 is 11.4 Å². The second-order valence-electron chi connectivity index (χ2n) is 8.59. The number of piperidine rings is 1. The molecule has 6 nitrogen and oxygen atoms in total. The van der Waals surface area contributed by atoms with Crippen molar-refractivity contribution in [3.63, 3.8) is 0 Å². The van der Waals surface area contributed by atoms with Crippen LogP contribution < -0.4 is 5.76 Å². The van der Waals surface area contributed by atoms with Gasteiger partial charge in [-0.05, 0) is 42.7 Å². The molecule has 0 amide bonds. The van der Waals surface area contributed by atoms with E-state index in [4.69, 9.17) is 27.6 Å². The summed E-state index contributed by atoms with van der Waals surface area (Å²) in [6.07, 6.45) is 1.11. The lowest BCUT2D eigenvalue weighted by Crippen LogP contribution is -2.44. The number of fused-ring (bicyclic) bond motifs is 1. The van der Waals surface area contributed by atoms with E-state index in [2.05, 4.69) is 4.90 Å². The van der Waals surface area contributed by atoms with Crippen LogP contribution in [-0.4, -0.2) is 33.4 Å². The number of ketones is 1. The molecule has 0 bridgehead atoms. The maximum Gasteiger partial charge on any atom is 0.421 e. The molecular weight excluding hydrogens is 475 g/mol. The van der Waals surface area contributed by atoms with Crippen LogP contribution in [0.25, 0.3) is 11.1 Å². The van der Waals surface area contributed by atoms with Gasteiger partial charge in [-0.2, -0.15) is 0 Å². The molecule has 1 saturated heterocycles. The summed E-state index contributed by atoms with van der Waals surface area (Å²) >= 11 is 12.5. The van der Waals surface area contributed by atoms with Gasteiger partial charge >= 0.3 is 5.76 Å². The number of hydrogen-bond acceptors (Lipinski definition) is 5. The highest BCUT2D eigenvalue weighted by Gasteiger charge is 2.34. The van der Waals surface area contributed by atoms with Crippen LogP contribution in [0, 0.1) is 0 Å². The number of carbonyl (C=O) groups excluding carboxylic acids is 1. The third kappa shape index (κ3) is 4.30. The smallest absolute Gasteiger partial charge is 0.408 e. The minimum Gasteiger partial charge on any atom is -0.408 e. The van der Waals surface area contributed by atoms with E-state index in [0.717, 1.165) is 5.56 Å². The van der Waals surface area contributed by atoms with Crippen molar-refractivity contribution < 1.29 is 14.3 Å². The number of aliphatic hydroxyl groups is 1. The van der Waals surface area contributed by atoms with Gasteiger partial charge in [-0.15, -0.1) is 0 Å². The Hall–Kier alpha value is -2.90. The molecule has 1 aromatic heterocycles. The van der Waals surface area contributed by atoms with Crippen LogP contribution in [0.4, 0.5) is 0 Å². The van der Waals surface area contributed by atoms with Crippen molar-refractivity contribution in [1.82, 2.24) is 9.47 Å². The fourth-order valence-corrected chi connectivity index (χ4v) is 4.91. The van der Waals surface area contributed by atoms with Crippen LogP contribution in [0.2, 0.25) is 10.0 Å². The third-order valence-corrected chi connectivity index (χ3v) is 6.97. The number of carbonyl (C=O) groups is 1. The van der Waals surface area contributed by atoms with Crippen molar-refractivity contribution in [2.75, 3.05) is 13.1 Å². The molecule has 5 rings (SSSR count). The summed E-state index contributed by atoms with van der Waals surface area (Å²) < 4.78 is 6.95. The predicted octanol–water partition coefficient (Wildman–Crippen LogP) is 5.07. The standard InChI is InChI=1S/C26H22Cl2N2O4/c27-19-8-4-5-17(13-19)24(31)20-14-23-22(15-21(20)28)30(25(32)34-23)16-29-11-9-26(33,10-12-29)18-6-2-1-3-7-18/h1-8,13-15,33H,9-12,16H2. The topological polar surface area (TPSA) is 75.7 Å². The molecule has 0 spiro atoms. The largest absolute Gasteiger partial charge is 0.421 e. The Morgan fingerprint density at radius 2 is 1.74 bits per heavy atom. The molecule has 0 saturated carbocycles. The lowest BCUT2D eigenvalue weighted by atomic mass is 9.84. The molecule has 34 heavy (non-hydrogen) atoms. The van der Waals surface area contributed by atoms with Gasteiger partial charge in [0.1, 0.15) is 0 Å². The van der Waals surface area contributed by atoms with E-state index in [1.165, 1.54) is 10.6 Å². The van der Waals surface area contributed by atoms with E-state index in [0.29, 0.717) is 48.7 Å². The number of nitrogens with zero attached hydrogens (tertiary/aromatic N) is 2. The van der Waals surface area contributed by atoms with Crippen molar-refractivity contribution in [1.29, 1.82) is 0 Å². The number of rotatable bonds is 5. The molecule has 2 heterocycles.